The zero-order chi connectivity index (χ0) is 20.5. The highest BCUT2D eigenvalue weighted by atomic mass is 16.6. The van der Waals surface area contributed by atoms with Crippen molar-refractivity contribution in [1.82, 2.24) is 5.32 Å². The third kappa shape index (κ3) is 6.09. The van der Waals surface area contributed by atoms with Gasteiger partial charge in [0, 0.05) is 23.4 Å². The summed E-state index contributed by atoms with van der Waals surface area (Å²) < 4.78 is 9.75. The van der Waals surface area contributed by atoms with Crippen molar-refractivity contribution in [1.29, 1.82) is 0 Å². The second kappa shape index (κ2) is 9.67. The Labute approximate surface area is 159 Å². The molecule has 0 fully saturated rings. The lowest BCUT2D eigenvalue weighted by Gasteiger charge is -2.08. The number of anilines is 1. The molecule has 28 heavy (non-hydrogen) atoms. The van der Waals surface area contributed by atoms with E-state index in [1.807, 2.05) is 0 Å². The molecule has 2 amide bonds. The molecule has 0 heterocycles. The summed E-state index contributed by atoms with van der Waals surface area (Å²) in [6.07, 6.45) is 0. The van der Waals surface area contributed by atoms with Crippen molar-refractivity contribution in [2.45, 2.75) is 0 Å². The van der Waals surface area contributed by atoms with E-state index in [0.29, 0.717) is 17.0 Å². The second-order valence-electron chi connectivity index (χ2n) is 5.42. The first-order chi connectivity index (χ1) is 13.4. The average molecular weight is 387 g/mol. The summed E-state index contributed by atoms with van der Waals surface area (Å²) >= 11 is 0. The fourth-order valence-electron chi connectivity index (χ4n) is 2.06. The van der Waals surface area contributed by atoms with Crippen LogP contribution in [0.2, 0.25) is 0 Å². The fraction of sp³-hybridized carbons (Fsp3) is 0.167. The predicted molar refractivity (Wildman–Crippen MR) is 98.0 cm³/mol. The quantitative estimate of drug-likeness (QED) is 0.398. The van der Waals surface area contributed by atoms with Gasteiger partial charge in [-0.25, -0.2) is 0 Å². The third-order valence-electron chi connectivity index (χ3n) is 3.47. The Hall–Kier alpha value is -3.95. The van der Waals surface area contributed by atoms with Gasteiger partial charge in [-0.3, -0.25) is 24.5 Å². The molecule has 2 N–H and O–H groups in total. The summed E-state index contributed by atoms with van der Waals surface area (Å²) in [7, 11) is 1.50. The van der Waals surface area contributed by atoms with Gasteiger partial charge in [-0.15, -0.1) is 0 Å². The number of nitrogens with zero attached hydrogens (tertiary/aromatic N) is 1. The molecular formula is C18H17N3O7. The van der Waals surface area contributed by atoms with Crippen LogP contribution in [-0.2, 0) is 14.3 Å². The fourth-order valence-corrected chi connectivity index (χ4v) is 2.06. The van der Waals surface area contributed by atoms with E-state index in [0.717, 1.165) is 0 Å². The Kier molecular flexibility index (Phi) is 7.03. The minimum Gasteiger partial charge on any atom is -0.497 e. The molecule has 0 radical (unpaired) electrons. The van der Waals surface area contributed by atoms with Crippen molar-refractivity contribution in [2.24, 2.45) is 0 Å². The lowest BCUT2D eigenvalue weighted by Crippen LogP contribution is -2.32. The molecule has 146 valence electrons. The van der Waals surface area contributed by atoms with Crippen LogP contribution < -0.4 is 15.4 Å². The first-order valence-electron chi connectivity index (χ1n) is 8.01. The summed E-state index contributed by atoms with van der Waals surface area (Å²) in [6.45, 7) is -0.968. The maximum absolute atomic E-state index is 11.9. The van der Waals surface area contributed by atoms with Crippen LogP contribution in [0.3, 0.4) is 0 Å². The van der Waals surface area contributed by atoms with E-state index >= 15 is 0 Å². The van der Waals surface area contributed by atoms with Crippen molar-refractivity contribution >= 4 is 29.2 Å². The number of non-ortho nitro benzene ring substituents is 1. The summed E-state index contributed by atoms with van der Waals surface area (Å²) in [5.41, 5.74) is 0.543. The number of hydrogen-bond donors (Lipinski definition) is 2. The lowest BCUT2D eigenvalue weighted by atomic mass is 10.2. The molecule has 0 atom stereocenters. The standard InChI is InChI=1S/C18H17N3O7/c1-27-15-8-2-12(3-9-15)18(24)19-10-17(23)28-11-16(22)20-13-4-6-14(7-5-13)21(25)26/h2-9H,10-11H2,1H3,(H,19,24)(H,20,22). The smallest absolute Gasteiger partial charge is 0.325 e. The lowest BCUT2D eigenvalue weighted by molar-refractivity contribution is -0.384. The van der Waals surface area contributed by atoms with Crippen LogP contribution in [0.15, 0.2) is 48.5 Å². The van der Waals surface area contributed by atoms with Gasteiger partial charge in [-0.2, -0.15) is 0 Å². The van der Waals surface area contributed by atoms with Crippen molar-refractivity contribution in [3.63, 3.8) is 0 Å². The number of esters is 1. The molecule has 0 bridgehead atoms. The molecule has 2 aromatic rings. The highest BCUT2D eigenvalue weighted by molar-refractivity contribution is 5.96. The Morgan fingerprint density at radius 1 is 1.04 bits per heavy atom. The molecule has 10 nitrogen and oxygen atoms in total. The van der Waals surface area contributed by atoms with Gasteiger partial charge in [-0.1, -0.05) is 0 Å². The van der Waals surface area contributed by atoms with Crippen molar-refractivity contribution in [2.75, 3.05) is 25.6 Å². The van der Waals surface area contributed by atoms with E-state index in [4.69, 9.17) is 9.47 Å². The highest BCUT2D eigenvalue weighted by Crippen LogP contribution is 2.15. The van der Waals surface area contributed by atoms with Crippen molar-refractivity contribution in [3.8, 4) is 5.75 Å². The number of nitro groups is 1. The van der Waals surface area contributed by atoms with Crippen LogP contribution in [0.1, 0.15) is 10.4 Å². The number of benzene rings is 2. The molecular weight excluding hydrogens is 370 g/mol. The SMILES string of the molecule is COc1ccc(C(=O)NCC(=O)OCC(=O)Nc2ccc([N+](=O)[O-])cc2)cc1. The monoisotopic (exact) mass is 387 g/mol. The largest absolute Gasteiger partial charge is 0.497 e. The second-order valence-corrected chi connectivity index (χ2v) is 5.42. The zero-order valence-electron chi connectivity index (χ0n) is 14.8. The number of ether oxygens (including phenoxy) is 2. The van der Waals surface area contributed by atoms with Gasteiger partial charge in [-0.05, 0) is 36.4 Å². The minimum atomic E-state index is -0.791. The van der Waals surface area contributed by atoms with E-state index in [1.165, 1.54) is 43.5 Å². The van der Waals surface area contributed by atoms with E-state index in [-0.39, 0.29) is 5.69 Å². The Balaban J connectivity index is 1.72. The van der Waals surface area contributed by atoms with Crippen molar-refractivity contribution in [3.05, 3.63) is 64.2 Å². The van der Waals surface area contributed by atoms with Gasteiger partial charge in [0.05, 0.1) is 12.0 Å². The summed E-state index contributed by atoms with van der Waals surface area (Å²) in [6, 6.07) is 11.5. The Morgan fingerprint density at radius 3 is 2.25 bits per heavy atom. The van der Waals surface area contributed by atoms with E-state index in [1.54, 1.807) is 12.1 Å². The Bertz CT molecular complexity index is 864. The van der Waals surface area contributed by atoms with Gasteiger partial charge in [0.25, 0.3) is 17.5 Å². The summed E-state index contributed by atoms with van der Waals surface area (Å²) in [5.74, 6) is -1.30. The molecule has 0 saturated carbocycles. The number of hydrogen-bond acceptors (Lipinski definition) is 7. The van der Waals surface area contributed by atoms with Crippen LogP contribution in [0.25, 0.3) is 0 Å². The van der Waals surface area contributed by atoms with Gasteiger partial charge < -0.3 is 20.1 Å². The molecule has 0 saturated heterocycles. The molecule has 10 heteroatoms. The van der Waals surface area contributed by atoms with Crippen LogP contribution in [0.4, 0.5) is 11.4 Å². The van der Waals surface area contributed by atoms with Crippen LogP contribution in [0, 0.1) is 10.1 Å². The van der Waals surface area contributed by atoms with Crippen LogP contribution >= 0.6 is 0 Å². The van der Waals surface area contributed by atoms with Crippen LogP contribution in [-0.4, -0.2) is 43.0 Å². The average Bonchev–Trinajstić information content (AvgIpc) is 2.71. The van der Waals surface area contributed by atoms with E-state index in [9.17, 15) is 24.5 Å². The topological polar surface area (TPSA) is 137 Å². The summed E-state index contributed by atoms with van der Waals surface area (Å²) in [4.78, 5) is 45.3. The van der Waals surface area contributed by atoms with Gasteiger partial charge in [0.2, 0.25) is 0 Å². The van der Waals surface area contributed by atoms with Gasteiger partial charge >= 0.3 is 5.97 Å². The molecule has 2 aromatic carbocycles. The first-order valence-corrected chi connectivity index (χ1v) is 8.01. The van der Waals surface area contributed by atoms with E-state index < -0.39 is 35.9 Å². The van der Waals surface area contributed by atoms with Gasteiger partial charge in [0.15, 0.2) is 6.61 Å². The number of rotatable bonds is 8. The molecule has 0 aliphatic rings. The predicted octanol–water partition coefficient (Wildman–Crippen LogP) is 1.52. The van der Waals surface area contributed by atoms with Gasteiger partial charge in [0.1, 0.15) is 12.3 Å². The number of methoxy groups -OCH3 is 1. The third-order valence-corrected chi connectivity index (χ3v) is 3.47. The molecule has 0 aromatic heterocycles. The number of carbonyl (C=O) groups is 3. The molecule has 0 unspecified atom stereocenters. The maximum atomic E-state index is 11.9. The maximum Gasteiger partial charge on any atom is 0.325 e. The first kappa shape index (κ1) is 20.4. The molecule has 2 rings (SSSR count). The summed E-state index contributed by atoms with van der Waals surface area (Å²) in [5, 5.41) is 15.4. The molecule has 0 aliphatic heterocycles. The molecule has 0 spiro atoms. The number of carbonyl (C=O) groups excluding carboxylic acids is 3. The zero-order valence-corrected chi connectivity index (χ0v) is 14.8. The number of nitrogens with one attached hydrogen (secondary N) is 2. The number of nitro benzene ring substituents is 1. The van der Waals surface area contributed by atoms with E-state index in [2.05, 4.69) is 10.6 Å². The normalized spacial score (nSPS) is 9.89. The number of amides is 2. The van der Waals surface area contributed by atoms with Crippen LogP contribution in [0.5, 0.6) is 5.75 Å². The minimum absolute atomic E-state index is 0.114. The molecule has 0 aliphatic carbocycles. The highest BCUT2D eigenvalue weighted by Gasteiger charge is 2.12. The Morgan fingerprint density at radius 2 is 1.68 bits per heavy atom. The van der Waals surface area contributed by atoms with Crippen molar-refractivity contribution < 1.29 is 28.8 Å².